The average molecular weight is 227 g/mol. The van der Waals surface area contributed by atoms with Gasteiger partial charge in [-0.05, 0) is 12.8 Å². The molecule has 2 rings (SSSR count). The van der Waals surface area contributed by atoms with E-state index in [9.17, 15) is 4.79 Å². The van der Waals surface area contributed by atoms with Crippen molar-refractivity contribution in [1.82, 2.24) is 4.57 Å². The molecule has 0 aliphatic carbocycles. The maximum atomic E-state index is 10.9. The zero-order valence-corrected chi connectivity index (χ0v) is 9.24. The largest absolute Gasteiger partial charge is 0.400 e. The van der Waals surface area contributed by atoms with Crippen LogP contribution in [0.2, 0.25) is 0 Å². The minimum atomic E-state index is -0.0561. The first kappa shape index (κ1) is 12.9. The summed E-state index contributed by atoms with van der Waals surface area (Å²) in [4.78, 5) is 10.9. The highest BCUT2D eigenvalue weighted by Crippen LogP contribution is 2.27. The summed E-state index contributed by atoms with van der Waals surface area (Å²) in [6.45, 7) is 0.0662. The molecule has 0 radical (unpaired) electrons. The summed E-state index contributed by atoms with van der Waals surface area (Å²) in [6.07, 6.45) is 5.09. The highest BCUT2D eigenvalue weighted by molar-refractivity contribution is 4.95. The Bertz CT molecular complexity index is 343. The molecule has 90 valence electrons. The van der Waals surface area contributed by atoms with Crippen LogP contribution in [0.25, 0.3) is 0 Å². The van der Waals surface area contributed by atoms with Gasteiger partial charge in [-0.3, -0.25) is 4.79 Å². The molecule has 1 saturated heterocycles. The van der Waals surface area contributed by atoms with E-state index in [0.717, 1.165) is 20.0 Å². The molecular formula is C11H17NO4. The molecule has 1 aromatic heterocycles. The number of aliphatic hydroxyl groups is 2. The number of pyridine rings is 1. The molecular weight excluding hydrogens is 210 g/mol. The third kappa shape index (κ3) is 3.16. The highest BCUT2D eigenvalue weighted by Gasteiger charge is 2.24. The zero-order valence-electron chi connectivity index (χ0n) is 9.24. The lowest BCUT2D eigenvalue weighted by atomic mass is 10.2. The van der Waals surface area contributed by atoms with Gasteiger partial charge in [-0.25, -0.2) is 0 Å². The molecule has 2 N–H and O–H groups in total. The van der Waals surface area contributed by atoms with Crippen molar-refractivity contribution in [2.75, 3.05) is 13.7 Å². The molecule has 2 heterocycles. The maximum absolute atomic E-state index is 10.9. The van der Waals surface area contributed by atoms with Gasteiger partial charge in [-0.2, -0.15) is 0 Å². The summed E-state index contributed by atoms with van der Waals surface area (Å²) >= 11 is 0. The molecule has 1 aromatic rings. The zero-order chi connectivity index (χ0) is 12.0. The van der Waals surface area contributed by atoms with Crippen LogP contribution in [0.1, 0.15) is 19.1 Å². The van der Waals surface area contributed by atoms with Crippen molar-refractivity contribution in [3.8, 4) is 0 Å². The number of aliphatic hydroxyl groups excluding tert-OH is 2. The van der Waals surface area contributed by atoms with Crippen molar-refractivity contribution in [2.24, 2.45) is 0 Å². The van der Waals surface area contributed by atoms with Gasteiger partial charge in [0.15, 0.2) is 5.43 Å². The van der Waals surface area contributed by atoms with E-state index >= 15 is 0 Å². The first-order valence-corrected chi connectivity index (χ1v) is 5.18. The Hall–Kier alpha value is -1.17. The average Bonchev–Trinajstić information content (AvgIpc) is 2.81. The predicted octanol–water partition coefficient (Wildman–Crippen LogP) is 0.127. The molecule has 1 aliphatic rings. The maximum Gasteiger partial charge on any atom is 0.181 e. The second-order valence-electron chi connectivity index (χ2n) is 3.45. The van der Waals surface area contributed by atoms with E-state index in [-0.39, 0.29) is 24.4 Å². The van der Waals surface area contributed by atoms with Crippen LogP contribution in [-0.2, 0) is 4.74 Å². The number of hydrogen-bond donors (Lipinski definition) is 2. The molecule has 0 aromatic carbocycles. The van der Waals surface area contributed by atoms with Crippen LogP contribution in [0.3, 0.4) is 0 Å². The molecule has 5 heteroatoms. The summed E-state index contributed by atoms with van der Waals surface area (Å²) < 4.78 is 7.41. The summed E-state index contributed by atoms with van der Waals surface area (Å²) in [5.74, 6) is 0. The molecule has 1 aliphatic heterocycles. The Morgan fingerprint density at radius 2 is 2.00 bits per heavy atom. The van der Waals surface area contributed by atoms with Gasteiger partial charge in [0.2, 0.25) is 0 Å². The van der Waals surface area contributed by atoms with E-state index in [0.29, 0.717) is 0 Å². The van der Waals surface area contributed by atoms with Crippen LogP contribution < -0.4 is 5.43 Å². The Labute approximate surface area is 93.9 Å². The number of rotatable bonds is 2. The highest BCUT2D eigenvalue weighted by atomic mass is 16.5. The Kier molecular flexibility index (Phi) is 5.18. The van der Waals surface area contributed by atoms with Gasteiger partial charge in [0.05, 0.1) is 12.7 Å². The first-order chi connectivity index (χ1) is 7.79. The Balaban J connectivity index is 0.000000606. The van der Waals surface area contributed by atoms with Gasteiger partial charge < -0.3 is 19.5 Å². The molecule has 0 saturated carbocycles. The lowest BCUT2D eigenvalue weighted by molar-refractivity contribution is -0.0226. The van der Waals surface area contributed by atoms with E-state index in [1.807, 2.05) is 4.57 Å². The van der Waals surface area contributed by atoms with Gasteiger partial charge >= 0.3 is 0 Å². The van der Waals surface area contributed by atoms with Crippen LogP contribution >= 0.6 is 0 Å². The van der Waals surface area contributed by atoms with E-state index in [4.69, 9.17) is 14.9 Å². The fraction of sp³-hybridized carbons (Fsp3) is 0.545. The van der Waals surface area contributed by atoms with E-state index in [2.05, 4.69) is 0 Å². The molecule has 2 atom stereocenters. The summed E-state index contributed by atoms with van der Waals surface area (Å²) in [5.41, 5.74) is -0.00189. The molecule has 5 nitrogen and oxygen atoms in total. The fourth-order valence-electron chi connectivity index (χ4n) is 1.66. The van der Waals surface area contributed by atoms with Crippen LogP contribution in [0, 0.1) is 0 Å². The fourth-order valence-corrected chi connectivity index (χ4v) is 1.66. The van der Waals surface area contributed by atoms with Crippen molar-refractivity contribution < 1.29 is 14.9 Å². The van der Waals surface area contributed by atoms with Crippen molar-refractivity contribution in [2.45, 2.75) is 25.2 Å². The molecule has 0 bridgehead atoms. The smallest absolute Gasteiger partial charge is 0.181 e. The number of aromatic nitrogens is 1. The number of nitrogens with zero attached hydrogens (tertiary/aromatic N) is 1. The third-order valence-electron chi connectivity index (χ3n) is 2.44. The molecule has 0 amide bonds. The standard InChI is InChI=1S/C10H13NO3.CH4O/c12-7-9-1-2-10(14-9)11-5-3-8(13)4-6-11;1-2/h3-6,9-10,12H,1-2,7H2;2H,1H3. The monoisotopic (exact) mass is 227 g/mol. The third-order valence-corrected chi connectivity index (χ3v) is 2.44. The SMILES string of the molecule is CO.O=c1ccn(C2CCC(CO)O2)cc1. The summed E-state index contributed by atoms with van der Waals surface area (Å²) in [5, 5.41) is 15.9. The van der Waals surface area contributed by atoms with E-state index < -0.39 is 0 Å². The second-order valence-corrected chi connectivity index (χ2v) is 3.45. The minimum Gasteiger partial charge on any atom is -0.400 e. The Morgan fingerprint density at radius 3 is 2.50 bits per heavy atom. The van der Waals surface area contributed by atoms with E-state index in [1.54, 1.807) is 12.4 Å². The first-order valence-electron chi connectivity index (χ1n) is 5.18. The van der Waals surface area contributed by atoms with Gasteiger partial charge in [-0.1, -0.05) is 0 Å². The number of hydrogen-bond acceptors (Lipinski definition) is 4. The van der Waals surface area contributed by atoms with Gasteiger partial charge in [0, 0.05) is 31.6 Å². The lowest BCUT2D eigenvalue weighted by Crippen LogP contribution is -2.15. The summed E-state index contributed by atoms with van der Waals surface area (Å²) in [7, 11) is 1.00. The van der Waals surface area contributed by atoms with Crippen LogP contribution in [0.15, 0.2) is 29.3 Å². The lowest BCUT2D eigenvalue weighted by Gasteiger charge is -2.15. The topological polar surface area (TPSA) is 71.7 Å². The molecule has 1 fully saturated rings. The molecule has 16 heavy (non-hydrogen) atoms. The Morgan fingerprint density at radius 1 is 1.38 bits per heavy atom. The predicted molar refractivity (Wildman–Crippen MR) is 59.1 cm³/mol. The normalized spacial score (nSPS) is 23.7. The van der Waals surface area contributed by atoms with Gasteiger partial charge in [0.1, 0.15) is 6.23 Å². The van der Waals surface area contributed by atoms with Gasteiger partial charge in [0.25, 0.3) is 0 Å². The van der Waals surface area contributed by atoms with Crippen LogP contribution in [-0.4, -0.2) is 34.6 Å². The van der Waals surface area contributed by atoms with Crippen molar-refractivity contribution in [3.63, 3.8) is 0 Å². The number of ether oxygens (including phenoxy) is 1. The van der Waals surface area contributed by atoms with Crippen LogP contribution in [0.4, 0.5) is 0 Å². The van der Waals surface area contributed by atoms with E-state index in [1.165, 1.54) is 12.1 Å². The van der Waals surface area contributed by atoms with Gasteiger partial charge in [-0.15, -0.1) is 0 Å². The quantitative estimate of drug-likeness (QED) is 0.753. The second kappa shape index (κ2) is 6.42. The van der Waals surface area contributed by atoms with Crippen LogP contribution in [0.5, 0.6) is 0 Å². The van der Waals surface area contributed by atoms with Crippen molar-refractivity contribution in [1.29, 1.82) is 0 Å². The molecule has 0 spiro atoms. The van der Waals surface area contributed by atoms with Crippen molar-refractivity contribution in [3.05, 3.63) is 34.7 Å². The summed E-state index contributed by atoms with van der Waals surface area (Å²) in [6, 6.07) is 3.02. The van der Waals surface area contributed by atoms with Crippen molar-refractivity contribution >= 4 is 0 Å². The minimum absolute atomic E-state index is 0.00189. The molecule has 2 unspecified atom stereocenters.